The Kier molecular flexibility index (Phi) is 4.45. The monoisotopic (exact) mass is 215 g/mol. The standard InChI is InChI=1S/C10H17NO2S/c1-7(12)6-10(13)11-8-4-3-5-9(8)14-2/h8-9H,3-6H2,1-2H3,(H,11,13). The van der Waals surface area contributed by atoms with Gasteiger partial charge >= 0.3 is 0 Å². The van der Waals surface area contributed by atoms with Crippen molar-refractivity contribution in [1.82, 2.24) is 5.32 Å². The number of Topliss-reactive ketones (excluding diaryl/α,β-unsaturated/α-hetero) is 1. The molecule has 14 heavy (non-hydrogen) atoms. The fourth-order valence-electron chi connectivity index (χ4n) is 1.86. The van der Waals surface area contributed by atoms with Crippen LogP contribution in [0.2, 0.25) is 0 Å². The van der Waals surface area contributed by atoms with E-state index in [9.17, 15) is 9.59 Å². The lowest BCUT2D eigenvalue weighted by Gasteiger charge is -2.18. The third kappa shape index (κ3) is 3.33. The smallest absolute Gasteiger partial charge is 0.227 e. The molecule has 4 heteroatoms. The van der Waals surface area contributed by atoms with Crippen molar-refractivity contribution in [2.75, 3.05) is 6.26 Å². The van der Waals surface area contributed by atoms with Gasteiger partial charge in [-0.15, -0.1) is 0 Å². The lowest BCUT2D eigenvalue weighted by Crippen LogP contribution is -2.39. The third-order valence-corrected chi connectivity index (χ3v) is 3.68. The zero-order valence-corrected chi connectivity index (χ0v) is 9.52. The van der Waals surface area contributed by atoms with E-state index in [4.69, 9.17) is 0 Å². The molecule has 1 rings (SSSR count). The number of hydrogen-bond donors (Lipinski definition) is 1. The number of rotatable bonds is 4. The predicted octanol–water partition coefficient (Wildman–Crippen LogP) is 1.37. The highest BCUT2D eigenvalue weighted by molar-refractivity contribution is 7.99. The molecule has 1 N–H and O–H groups in total. The number of amides is 1. The van der Waals surface area contributed by atoms with Crippen LogP contribution in [0.25, 0.3) is 0 Å². The fourth-order valence-corrected chi connectivity index (χ4v) is 2.79. The van der Waals surface area contributed by atoms with Gasteiger partial charge in [-0.25, -0.2) is 0 Å². The van der Waals surface area contributed by atoms with Gasteiger partial charge in [0.2, 0.25) is 5.91 Å². The predicted molar refractivity (Wildman–Crippen MR) is 58.4 cm³/mol. The Morgan fingerprint density at radius 1 is 1.43 bits per heavy atom. The first kappa shape index (κ1) is 11.6. The van der Waals surface area contributed by atoms with E-state index in [0.717, 1.165) is 6.42 Å². The second kappa shape index (κ2) is 5.39. The minimum Gasteiger partial charge on any atom is -0.352 e. The van der Waals surface area contributed by atoms with Crippen molar-refractivity contribution in [2.24, 2.45) is 0 Å². The van der Waals surface area contributed by atoms with Gasteiger partial charge in [-0.2, -0.15) is 11.8 Å². The molecule has 1 aliphatic rings. The molecule has 3 nitrogen and oxygen atoms in total. The highest BCUT2D eigenvalue weighted by Crippen LogP contribution is 2.28. The van der Waals surface area contributed by atoms with Gasteiger partial charge in [-0.1, -0.05) is 6.42 Å². The molecule has 1 fully saturated rings. The highest BCUT2D eigenvalue weighted by atomic mass is 32.2. The summed E-state index contributed by atoms with van der Waals surface area (Å²) in [5.74, 6) is -0.190. The van der Waals surface area contributed by atoms with Gasteiger partial charge < -0.3 is 5.32 Å². The van der Waals surface area contributed by atoms with Gasteiger partial charge in [0.25, 0.3) is 0 Å². The van der Waals surface area contributed by atoms with E-state index < -0.39 is 0 Å². The van der Waals surface area contributed by atoms with Crippen LogP contribution in [0.15, 0.2) is 0 Å². The van der Waals surface area contributed by atoms with Crippen molar-refractivity contribution >= 4 is 23.5 Å². The number of ketones is 1. The Balaban J connectivity index is 2.35. The molecule has 0 spiro atoms. The summed E-state index contributed by atoms with van der Waals surface area (Å²) in [6.07, 6.45) is 5.50. The Hall–Kier alpha value is -0.510. The van der Waals surface area contributed by atoms with Crippen LogP contribution in [0.3, 0.4) is 0 Å². The number of thioether (sulfide) groups is 1. The summed E-state index contributed by atoms with van der Waals surface area (Å²) in [7, 11) is 0. The quantitative estimate of drug-likeness (QED) is 0.720. The largest absolute Gasteiger partial charge is 0.352 e. The van der Waals surface area contributed by atoms with E-state index in [-0.39, 0.29) is 24.2 Å². The van der Waals surface area contributed by atoms with Crippen LogP contribution >= 0.6 is 11.8 Å². The van der Waals surface area contributed by atoms with Crippen LogP contribution in [0.5, 0.6) is 0 Å². The molecule has 0 aromatic heterocycles. The minimum absolute atomic E-state index is 0.0254. The maximum absolute atomic E-state index is 11.3. The second-order valence-electron chi connectivity index (χ2n) is 3.76. The molecule has 2 unspecified atom stereocenters. The molecule has 1 amide bonds. The van der Waals surface area contributed by atoms with Gasteiger partial charge in [-0.3, -0.25) is 9.59 Å². The maximum Gasteiger partial charge on any atom is 0.227 e. The van der Waals surface area contributed by atoms with Gasteiger partial charge in [0, 0.05) is 11.3 Å². The molecule has 1 aliphatic carbocycles. The van der Waals surface area contributed by atoms with Gasteiger partial charge in [-0.05, 0) is 26.0 Å². The number of carbonyl (C=O) groups excluding carboxylic acids is 2. The molecule has 2 atom stereocenters. The lowest BCUT2D eigenvalue weighted by atomic mass is 10.2. The zero-order valence-electron chi connectivity index (χ0n) is 8.71. The maximum atomic E-state index is 11.3. The van der Waals surface area contributed by atoms with Crippen molar-refractivity contribution in [3.8, 4) is 0 Å². The first-order valence-electron chi connectivity index (χ1n) is 4.95. The SMILES string of the molecule is CSC1CCCC1NC(=O)CC(C)=O. The summed E-state index contributed by atoms with van der Waals surface area (Å²) in [4.78, 5) is 22.0. The van der Waals surface area contributed by atoms with Crippen LogP contribution in [0, 0.1) is 0 Å². The van der Waals surface area contributed by atoms with E-state index in [1.54, 1.807) is 11.8 Å². The summed E-state index contributed by atoms with van der Waals surface area (Å²) >= 11 is 1.80. The Morgan fingerprint density at radius 3 is 2.71 bits per heavy atom. The van der Waals surface area contributed by atoms with Crippen molar-refractivity contribution in [2.45, 2.75) is 43.9 Å². The molecule has 0 aromatic rings. The van der Waals surface area contributed by atoms with Crippen LogP contribution < -0.4 is 5.32 Å². The van der Waals surface area contributed by atoms with E-state index in [0.29, 0.717) is 5.25 Å². The molecule has 1 saturated carbocycles. The molecular weight excluding hydrogens is 198 g/mol. The highest BCUT2D eigenvalue weighted by Gasteiger charge is 2.27. The Labute approximate surface area is 89.0 Å². The van der Waals surface area contributed by atoms with E-state index in [1.165, 1.54) is 19.8 Å². The summed E-state index contributed by atoms with van der Waals surface area (Å²) in [5.41, 5.74) is 0. The second-order valence-corrected chi connectivity index (χ2v) is 4.83. The third-order valence-electron chi connectivity index (χ3n) is 2.51. The van der Waals surface area contributed by atoms with Crippen molar-refractivity contribution in [1.29, 1.82) is 0 Å². The molecule has 0 aromatic carbocycles. The summed E-state index contributed by atoms with van der Waals surface area (Å²) in [6, 6.07) is 0.275. The number of nitrogens with one attached hydrogen (secondary N) is 1. The molecule has 80 valence electrons. The molecule has 0 heterocycles. The van der Waals surface area contributed by atoms with E-state index >= 15 is 0 Å². The van der Waals surface area contributed by atoms with E-state index in [1.807, 2.05) is 0 Å². The van der Waals surface area contributed by atoms with Crippen LogP contribution in [0.4, 0.5) is 0 Å². The fraction of sp³-hybridized carbons (Fsp3) is 0.800. The summed E-state index contributed by atoms with van der Waals surface area (Å²) in [5, 5.41) is 3.46. The molecule has 0 saturated heterocycles. The molecule has 0 aliphatic heterocycles. The number of carbonyl (C=O) groups is 2. The summed E-state index contributed by atoms with van der Waals surface area (Å²) < 4.78 is 0. The van der Waals surface area contributed by atoms with Crippen LogP contribution in [0.1, 0.15) is 32.6 Å². The van der Waals surface area contributed by atoms with Gasteiger partial charge in [0.1, 0.15) is 5.78 Å². The van der Waals surface area contributed by atoms with Crippen molar-refractivity contribution in [3.05, 3.63) is 0 Å². The normalized spacial score (nSPS) is 26.1. The van der Waals surface area contributed by atoms with E-state index in [2.05, 4.69) is 11.6 Å². The molecular formula is C10H17NO2S. The average molecular weight is 215 g/mol. The van der Waals surface area contributed by atoms with Crippen molar-refractivity contribution < 1.29 is 9.59 Å². The molecule has 0 radical (unpaired) electrons. The van der Waals surface area contributed by atoms with Crippen LogP contribution in [-0.4, -0.2) is 29.2 Å². The first-order valence-corrected chi connectivity index (χ1v) is 6.24. The van der Waals surface area contributed by atoms with Gasteiger partial charge in [0.05, 0.1) is 6.42 Å². The topological polar surface area (TPSA) is 46.2 Å². The van der Waals surface area contributed by atoms with Gasteiger partial charge in [0.15, 0.2) is 0 Å². The van der Waals surface area contributed by atoms with Crippen LogP contribution in [-0.2, 0) is 9.59 Å². The number of hydrogen-bond acceptors (Lipinski definition) is 3. The molecule has 0 bridgehead atoms. The minimum atomic E-state index is -0.122. The zero-order chi connectivity index (χ0) is 10.6. The average Bonchev–Trinajstić information content (AvgIpc) is 2.50. The Bertz CT molecular complexity index is 230. The van der Waals surface area contributed by atoms with Crippen molar-refractivity contribution in [3.63, 3.8) is 0 Å². The first-order chi connectivity index (χ1) is 6.63. The lowest BCUT2D eigenvalue weighted by molar-refractivity contribution is -0.127. The summed E-state index contributed by atoms with van der Waals surface area (Å²) in [6.45, 7) is 1.44. The Morgan fingerprint density at radius 2 is 2.14 bits per heavy atom.